The fourth-order valence-corrected chi connectivity index (χ4v) is 1.60. The van der Waals surface area contributed by atoms with Crippen molar-refractivity contribution < 1.29 is 15.0 Å². The maximum Gasteiger partial charge on any atom is 0.337 e. The van der Waals surface area contributed by atoms with Gasteiger partial charge in [-0.25, -0.2) is 4.79 Å². The molecule has 6 heteroatoms. The van der Waals surface area contributed by atoms with Crippen LogP contribution in [0.25, 0.3) is 0 Å². The summed E-state index contributed by atoms with van der Waals surface area (Å²) in [6, 6.07) is 4.96. The number of nitrogens with two attached hydrogens (primary N) is 1. The lowest BCUT2D eigenvalue weighted by molar-refractivity contribution is -0.146. The van der Waals surface area contributed by atoms with Crippen molar-refractivity contribution in [2.24, 2.45) is 5.84 Å². The monoisotopic (exact) mass is 228 g/mol. The Balaban J connectivity index is 3.12. The topological polar surface area (TPSA) is 95.6 Å². The minimum Gasteiger partial charge on any atom is -0.479 e. The van der Waals surface area contributed by atoms with Gasteiger partial charge in [0.2, 0.25) is 0 Å². The predicted octanol–water partition coefficient (Wildman–Crippen LogP) is 0.812. The smallest absolute Gasteiger partial charge is 0.337 e. The largest absolute Gasteiger partial charge is 0.479 e. The lowest BCUT2D eigenvalue weighted by Gasteiger charge is -2.12. The molecule has 0 saturated carbocycles. The molecule has 0 aliphatic rings. The third kappa shape index (κ3) is 2.62. The number of anilines is 1. The molecule has 0 bridgehead atoms. The molecule has 1 rings (SSSR count). The molecule has 0 aromatic heterocycles. The lowest BCUT2D eigenvalue weighted by Crippen LogP contribution is -2.16. The van der Waals surface area contributed by atoms with Gasteiger partial charge in [-0.3, -0.25) is 5.84 Å². The molecule has 0 saturated heterocycles. The number of nitrogen functional groups attached to an aromatic ring is 1. The summed E-state index contributed by atoms with van der Waals surface area (Å²) in [6.07, 6.45) is 0.329. The highest BCUT2D eigenvalue weighted by Crippen LogP contribution is 2.27. The summed E-state index contributed by atoms with van der Waals surface area (Å²) in [5.41, 5.74) is 3.04. The van der Waals surface area contributed by atoms with Gasteiger partial charge in [0.15, 0.2) is 6.10 Å². The van der Waals surface area contributed by atoms with Gasteiger partial charge in [-0.1, -0.05) is 6.07 Å². The lowest BCUT2D eigenvalue weighted by atomic mass is 10.1. The molecule has 5 N–H and O–H groups in total. The number of carboxylic acids is 1. The van der Waals surface area contributed by atoms with Gasteiger partial charge < -0.3 is 15.6 Å². The van der Waals surface area contributed by atoms with E-state index < -0.39 is 12.1 Å². The minimum atomic E-state index is -1.56. The van der Waals surface area contributed by atoms with Gasteiger partial charge in [-0.15, -0.1) is 11.8 Å². The maximum atomic E-state index is 10.6. The number of rotatable bonds is 4. The van der Waals surface area contributed by atoms with Crippen LogP contribution in [0.1, 0.15) is 11.7 Å². The first-order valence-electron chi connectivity index (χ1n) is 4.15. The molecule has 0 radical (unpaired) electrons. The highest BCUT2D eigenvalue weighted by Gasteiger charge is 2.19. The number of benzene rings is 1. The molecule has 0 aliphatic heterocycles. The van der Waals surface area contributed by atoms with E-state index in [0.717, 1.165) is 4.90 Å². The molecule has 0 fully saturated rings. The van der Waals surface area contributed by atoms with Crippen molar-refractivity contribution in [2.45, 2.75) is 11.0 Å². The van der Waals surface area contributed by atoms with E-state index in [1.807, 2.05) is 6.26 Å². The quantitative estimate of drug-likeness (QED) is 0.346. The number of hydrogen-bond donors (Lipinski definition) is 4. The van der Waals surface area contributed by atoms with Gasteiger partial charge in [0.25, 0.3) is 0 Å². The normalized spacial score (nSPS) is 12.2. The van der Waals surface area contributed by atoms with Crippen molar-refractivity contribution in [1.82, 2.24) is 0 Å². The van der Waals surface area contributed by atoms with Crippen LogP contribution in [-0.2, 0) is 4.79 Å². The molecular weight excluding hydrogens is 216 g/mol. The molecule has 0 spiro atoms. The van der Waals surface area contributed by atoms with E-state index in [1.165, 1.54) is 11.8 Å². The summed E-state index contributed by atoms with van der Waals surface area (Å²) in [5.74, 6) is 3.95. The molecule has 1 unspecified atom stereocenters. The van der Waals surface area contributed by atoms with Crippen LogP contribution in [0.2, 0.25) is 0 Å². The number of hydrogen-bond acceptors (Lipinski definition) is 5. The zero-order valence-electron chi connectivity index (χ0n) is 8.10. The Kier molecular flexibility index (Phi) is 3.96. The number of carbonyl (C=O) groups is 1. The van der Waals surface area contributed by atoms with E-state index in [9.17, 15) is 9.90 Å². The Morgan fingerprint density at radius 2 is 2.27 bits per heavy atom. The first-order valence-corrected chi connectivity index (χ1v) is 5.38. The average molecular weight is 228 g/mol. The number of aliphatic hydroxyl groups excluding tert-OH is 1. The number of thioether (sulfide) groups is 1. The van der Waals surface area contributed by atoms with Gasteiger partial charge in [0.05, 0.1) is 5.69 Å². The van der Waals surface area contributed by atoms with E-state index in [-0.39, 0.29) is 5.56 Å². The van der Waals surface area contributed by atoms with E-state index >= 15 is 0 Å². The Labute approximate surface area is 91.3 Å². The molecule has 1 aromatic rings. The van der Waals surface area contributed by atoms with Gasteiger partial charge >= 0.3 is 5.97 Å². The summed E-state index contributed by atoms with van der Waals surface area (Å²) in [7, 11) is 0. The van der Waals surface area contributed by atoms with Gasteiger partial charge in [-0.2, -0.15) is 0 Å². The SMILES string of the molecule is CSc1ccc(C(O)C(=O)O)c(NN)c1. The van der Waals surface area contributed by atoms with Crippen LogP contribution in [0.5, 0.6) is 0 Å². The number of aliphatic carboxylic acids is 1. The Morgan fingerprint density at radius 1 is 1.60 bits per heavy atom. The number of nitrogens with one attached hydrogen (secondary N) is 1. The summed E-state index contributed by atoms with van der Waals surface area (Å²) >= 11 is 1.50. The van der Waals surface area contributed by atoms with Crippen LogP contribution in [0.4, 0.5) is 5.69 Å². The standard InChI is InChI=1S/C9H12N2O3S/c1-15-5-2-3-6(7(4-5)11-10)8(12)9(13)14/h2-4,8,11-12H,10H2,1H3,(H,13,14). The molecule has 0 heterocycles. The highest BCUT2D eigenvalue weighted by molar-refractivity contribution is 7.98. The van der Waals surface area contributed by atoms with Crippen molar-refractivity contribution in [1.29, 1.82) is 0 Å². The van der Waals surface area contributed by atoms with Crippen LogP contribution >= 0.6 is 11.8 Å². The second-order valence-electron chi connectivity index (χ2n) is 2.84. The molecule has 82 valence electrons. The molecule has 0 aliphatic carbocycles. The number of carboxylic acid groups (broad SMARTS) is 1. The van der Waals surface area contributed by atoms with Crippen LogP contribution in [0, 0.1) is 0 Å². The molecule has 1 atom stereocenters. The molecule has 5 nitrogen and oxygen atoms in total. The first kappa shape index (κ1) is 11.8. The molecular formula is C9H12N2O3S. The maximum absolute atomic E-state index is 10.6. The minimum absolute atomic E-state index is 0.253. The first-order chi connectivity index (χ1) is 7.10. The van der Waals surface area contributed by atoms with Gasteiger partial charge in [-0.05, 0) is 18.4 Å². The highest BCUT2D eigenvalue weighted by atomic mass is 32.2. The second kappa shape index (κ2) is 5.01. The van der Waals surface area contributed by atoms with Crippen LogP contribution < -0.4 is 11.3 Å². The summed E-state index contributed by atoms with van der Waals surface area (Å²) in [4.78, 5) is 11.5. The zero-order valence-corrected chi connectivity index (χ0v) is 8.91. The van der Waals surface area contributed by atoms with Crippen LogP contribution in [0.15, 0.2) is 23.1 Å². The molecule has 15 heavy (non-hydrogen) atoms. The van der Waals surface area contributed by atoms with Crippen molar-refractivity contribution >= 4 is 23.4 Å². The summed E-state index contributed by atoms with van der Waals surface area (Å²) in [5, 5.41) is 18.0. The molecule has 1 aromatic carbocycles. The Morgan fingerprint density at radius 3 is 2.73 bits per heavy atom. The third-order valence-corrected chi connectivity index (χ3v) is 2.67. The summed E-state index contributed by atoms with van der Waals surface area (Å²) in [6.45, 7) is 0. The van der Waals surface area contributed by atoms with E-state index in [1.54, 1.807) is 18.2 Å². The van der Waals surface area contributed by atoms with Gasteiger partial charge in [0, 0.05) is 10.5 Å². The van der Waals surface area contributed by atoms with E-state index in [0.29, 0.717) is 5.69 Å². The van der Waals surface area contributed by atoms with Crippen molar-refractivity contribution in [3.63, 3.8) is 0 Å². The number of aliphatic hydroxyl groups is 1. The van der Waals surface area contributed by atoms with Gasteiger partial charge in [0.1, 0.15) is 0 Å². The predicted molar refractivity (Wildman–Crippen MR) is 58.6 cm³/mol. The van der Waals surface area contributed by atoms with Crippen LogP contribution in [0.3, 0.4) is 0 Å². The Bertz CT molecular complexity index is 370. The van der Waals surface area contributed by atoms with Crippen molar-refractivity contribution in [3.05, 3.63) is 23.8 Å². The summed E-state index contributed by atoms with van der Waals surface area (Å²) < 4.78 is 0. The van der Waals surface area contributed by atoms with Crippen molar-refractivity contribution in [3.8, 4) is 0 Å². The van der Waals surface area contributed by atoms with E-state index in [4.69, 9.17) is 10.9 Å². The molecule has 0 amide bonds. The van der Waals surface area contributed by atoms with Crippen molar-refractivity contribution in [2.75, 3.05) is 11.7 Å². The third-order valence-electron chi connectivity index (χ3n) is 1.94. The average Bonchev–Trinajstić information content (AvgIpc) is 2.27. The fourth-order valence-electron chi connectivity index (χ4n) is 1.16. The fraction of sp³-hybridized carbons (Fsp3) is 0.222. The zero-order chi connectivity index (χ0) is 11.4. The van der Waals surface area contributed by atoms with E-state index in [2.05, 4.69) is 5.43 Å². The second-order valence-corrected chi connectivity index (χ2v) is 3.72. The Hall–Kier alpha value is -1.24. The van der Waals surface area contributed by atoms with Crippen LogP contribution in [-0.4, -0.2) is 22.4 Å². The number of hydrazine groups is 1.